The number of aryl methyl sites for hydroxylation is 1. The molecule has 2 N–H and O–H groups in total. The van der Waals surface area contributed by atoms with Gasteiger partial charge in [0.1, 0.15) is 0 Å². The first-order valence-electron chi connectivity index (χ1n) is 10.8. The molecule has 2 heterocycles. The van der Waals surface area contributed by atoms with Crippen molar-refractivity contribution < 1.29 is 19.4 Å². The molecular formula is C24H29N3O4. The minimum atomic E-state index is -0.248. The normalized spacial score (nSPS) is 23.5. The number of carbonyl (C=O) groups is 1. The number of allylic oxidation sites excluding steroid dienone is 3. The van der Waals surface area contributed by atoms with Crippen molar-refractivity contribution in [3.05, 3.63) is 59.4 Å². The van der Waals surface area contributed by atoms with Crippen molar-refractivity contribution in [3.8, 4) is 11.5 Å². The highest BCUT2D eigenvalue weighted by molar-refractivity contribution is 5.93. The Balaban J connectivity index is 1.63. The molecule has 1 aliphatic carbocycles. The van der Waals surface area contributed by atoms with Crippen molar-refractivity contribution in [1.29, 1.82) is 0 Å². The third kappa shape index (κ3) is 4.66. The molecule has 164 valence electrons. The van der Waals surface area contributed by atoms with Gasteiger partial charge in [-0.1, -0.05) is 12.2 Å². The van der Waals surface area contributed by atoms with Crippen LogP contribution in [0, 0.1) is 0 Å². The monoisotopic (exact) mass is 423 g/mol. The minimum Gasteiger partial charge on any atom is -0.493 e. The van der Waals surface area contributed by atoms with Crippen molar-refractivity contribution >= 4 is 11.6 Å². The van der Waals surface area contributed by atoms with Gasteiger partial charge in [0.15, 0.2) is 17.2 Å². The summed E-state index contributed by atoms with van der Waals surface area (Å²) in [7, 11) is 3.22. The number of carbonyl (C=O) groups excluding carboxylic acids is 1. The molecule has 2 aromatic rings. The molecule has 0 spiro atoms. The fourth-order valence-corrected chi connectivity index (χ4v) is 4.17. The van der Waals surface area contributed by atoms with Gasteiger partial charge >= 0.3 is 0 Å². The second-order valence-corrected chi connectivity index (χ2v) is 8.00. The molecule has 1 fully saturated rings. The van der Waals surface area contributed by atoms with Crippen molar-refractivity contribution in [2.45, 2.75) is 50.7 Å². The van der Waals surface area contributed by atoms with E-state index in [4.69, 9.17) is 9.47 Å². The van der Waals surface area contributed by atoms with Crippen molar-refractivity contribution in [2.24, 2.45) is 0 Å². The van der Waals surface area contributed by atoms with Crippen LogP contribution in [-0.2, 0) is 6.42 Å². The average Bonchev–Trinajstić information content (AvgIpc) is 3.18. The summed E-state index contributed by atoms with van der Waals surface area (Å²) in [6, 6.07) is 7.70. The maximum atomic E-state index is 12.9. The molecule has 1 aromatic carbocycles. The second-order valence-electron chi connectivity index (χ2n) is 8.00. The van der Waals surface area contributed by atoms with Crippen molar-refractivity contribution in [3.63, 3.8) is 0 Å². The van der Waals surface area contributed by atoms with E-state index in [9.17, 15) is 9.90 Å². The summed E-state index contributed by atoms with van der Waals surface area (Å²) < 4.78 is 12.7. The van der Waals surface area contributed by atoms with E-state index in [-0.39, 0.29) is 18.1 Å². The smallest absolute Gasteiger partial charge is 0.272 e. The van der Waals surface area contributed by atoms with Gasteiger partial charge in [-0.05, 0) is 68.9 Å². The van der Waals surface area contributed by atoms with Crippen LogP contribution in [0.1, 0.15) is 53.8 Å². The van der Waals surface area contributed by atoms with E-state index >= 15 is 0 Å². The van der Waals surface area contributed by atoms with E-state index in [2.05, 4.69) is 16.5 Å². The van der Waals surface area contributed by atoms with E-state index in [1.807, 2.05) is 41.1 Å². The van der Waals surface area contributed by atoms with Gasteiger partial charge in [-0.15, -0.1) is 0 Å². The Morgan fingerprint density at radius 2 is 1.90 bits per heavy atom. The summed E-state index contributed by atoms with van der Waals surface area (Å²) in [5.74, 6) is 1.13. The quantitative estimate of drug-likeness (QED) is 0.771. The first kappa shape index (κ1) is 21.2. The average molecular weight is 424 g/mol. The lowest BCUT2D eigenvalue weighted by molar-refractivity contribution is 0.0863. The van der Waals surface area contributed by atoms with Crippen LogP contribution < -0.4 is 14.8 Å². The molecule has 0 atom stereocenters. The number of aliphatic hydroxyl groups excluding tert-OH is 1. The number of nitrogens with one attached hydrogen (secondary N) is 1. The Morgan fingerprint density at radius 3 is 2.65 bits per heavy atom. The van der Waals surface area contributed by atoms with Crippen LogP contribution in [0.4, 0.5) is 0 Å². The molecule has 7 heteroatoms. The first-order valence-corrected chi connectivity index (χ1v) is 10.8. The molecule has 7 nitrogen and oxygen atoms in total. The van der Waals surface area contributed by atoms with Gasteiger partial charge in [0, 0.05) is 17.3 Å². The number of amides is 1. The van der Waals surface area contributed by atoms with Crippen LogP contribution in [0.15, 0.2) is 42.5 Å². The molecule has 31 heavy (non-hydrogen) atoms. The van der Waals surface area contributed by atoms with Crippen LogP contribution in [-0.4, -0.2) is 47.2 Å². The molecule has 0 bridgehead atoms. The predicted molar refractivity (Wildman–Crippen MR) is 118 cm³/mol. The number of fused-ring (bicyclic) bond motifs is 1. The molecule has 1 aromatic heterocycles. The van der Waals surface area contributed by atoms with Gasteiger partial charge in [0.2, 0.25) is 0 Å². The van der Waals surface area contributed by atoms with Gasteiger partial charge in [0.25, 0.3) is 5.91 Å². The lowest BCUT2D eigenvalue weighted by Gasteiger charge is -2.25. The number of benzene rings is 1. The largest absolute Gasteiger partial charge is 0.493 e. The Morgan fingerprint density at radius 1 is 1.13 bits per heavy atom. The van der Waals surface area contributed by atoms with E-state index in [0.29, 0.717) is 17.2 Å². The third-order valence-electron chi connectivity index (χ3n) is 5.91. The van der Waals surface area contributed by atoms with E-state index in [0.717, 1.165) is 55.5 Å². The van der Waals surface area contributed by atoms with Crippen LogP contribution >= 0.6 is 0 Å². The summed E-state index contributed by atoms with van der Waals surface area (Å²) in [5.41, 5.74) is 3.18. The lowest BCUT2D eigenvalue weighted by atomic mass is 9.93. The van der Waals surface area contributed by atoms with Gasteiger partial charge < -0.3 is 19.9 Å². The van der Waals surface area contributed by atoms with E-state index in [1.165, 1.54) is 0 Å². The second kappa shape index (κ2) is 9.39. The maximum absolute atomic E-state index is 12.9. The van der Waals surface area contributed by atoms with E-state index < -0.39 is 0 Å². The summed E-state index contributed by atoms with van der Waals surface area (Å²) in [4.78, 5) is 12.9. The molecule has 2 aliphatic rings. The number of aliphatic hydroxyl groups is 1. The zero-order valence-corrected chi connectivity index (χ0v) is 18.0. The molecule has 0 radical (unpaired) electrons. The summed E-state index contributed by atoms with van der Waals surface area (Å²) in [6.07, 6.45) is 10.6. The van der Waals surface area contributed by atoms with Crippen molar-refractivity contribution in [1.82, 2.24) is 15.1 Å². The summed E-state index contributed by atoms with van der Waals surface area (Å²) >= 11 is 0. The lowest BCUT2D eigenvalue weighted by Crippen LogP contribution is -2.38. The highest BCUT2D eigenvalue weighted by atomic mass is 16.5. The number of ether oxygens (including phenoxy) is 2. The number of hydrogen-bond acceptors (Lipinski definition) is 5. The molecule has 0 unspecified atom stereocenters. The molecule has 1 aliphatic heterocycles. The molecule has 1 amide bonds. The molecule has 4 rings (SSSR count). The van der Waals surface area contributed by atoms with Crippen LogP contribution in [0.5, 0.6) is 11.5 Å². The summed E-state index contributed by atoms with van der Waals surface area (Å²) in [6.45, 7) is 0. The zero-order chi connectivity index (χ0) is 21.8. The van der Waals surface area contributed by atoms with Gasteiger partial charge in [-0.3, -0.25) is 4.79 Å². The number of nitrogens with zero attached hydrogens (tertiary/aromatic N) is 2. The SMILES string of the molecule is COc1ccc(/C2=C/C=C\CCc3cc(C(=O)NC4CCC(O)CC4)nn32)cc1OC. The van der Waals surface area contributed by atoms with Crippen LogP contribution in [0.3, 0.4) is 0 Å². The predicted octanol–water partition coefficient (Wildman–Crippen LogP) is 3.33. The topological polar surface area (TPSA) is 85.6 Å². The Bertz CT molecular complexity index is 1000. The maximum Gasteiger partial charge on any atom is 0.272 e. The van der Waals surface area contributed by atoms with E-state index in [1.54, 1.807) is 14.2 Å². The molecular weight excluding hydrogens is 394 g/mol. The Hall–Kier alpha value is -3.06. The standard InChI is InChI=1S/C24H29N3O4/c1-30-22-13-8-16(14-23(22)31-2)21-7-5-3-4-6-18-15-20(26-27(18)21)24(29)25-17-9-11-19(28)12-10-17/h3,5,7-8,13-15,17,19,28H,4,6,9-12H2,1-2H3,(H,25,29)/b5-3-,21-7-. The zero-order valence-electron chi connectivity index (χ0n) is 18.0. The fourth-order valence-electron chi connectivity index (χ4n) is 4.17. The number of hydrogen-bond donors (Lipinski definition) is 2. The Labute approximate surface area is 182 Å². The number of aromatic nitrogens is 2. The molecule has 0 saturated heterocycles. The minimum absolute atomic E-state index is 0.0858. The highest BCUT2D eigenvalue weighted by Gasteiger charge is 2.24. The third-order valence-corrected chi connectivity index (χ3v) is 5.91. The fraction of sp³-hybridized carbons (Fsp3) is 0.417. The first-order chi connectivity index (χ1) is 15.1. The van der Waals surface area contributed by atoms with Crippen molar-refractivity contribution in [2.75, 3.05) is 14.2 Å². The van der Waals surface area contributed by atoms with Crippen LogP contribution in [0.2, 0.25) is 0 Å². The molecule has 1 saturated carbocycles. The van der Waals surface area contributed by atoms with Crippen LogP contribution in [0.25, 0.3) is 5.70 Å². The summed E-state index contributed by atoms with van der Waals surface area (Å²) in [5, 5.41) is 17.4. The Kier molecular flexibility index (Phi) is 6.42. The van der Waals surface area contributed by atoms with Gasteiger partial charge in [0.05, 0.1) is 26.0 Å². The van der Waals surface area contributed by atoms with Gasteiger partial charge in [-0.2, -0.15) is 5.10 Å². The number of rotatable bonds is 5. The highest BCUT2D eigenvalue weighted by Crippen LogP contribution is 2.32. The van der Waals surface area contributed by atoms with Gasteiger partial charge in [-0.25, -0.2) is 4.68 Å². The number of methoxy groups -OCH3 is 2.